The van der Waals surface area contributed by atoms with Gasteiger partial charge in [0, 0.05) is 12.5 Å². The standard InChI is InChI=1S/C12H20O4/c1-2-16-12(15)10-8-6-4-3-5-7-9-11(13)14/h8,10H,2-7,9H2,1H3,(H,13,14). The van der Waals surface area contributed by atoms with Crippen LogP contribution in [0.1, 0.15) is 45.4 Å². The van der Waals surface area contributed by atoms with Gasteiger partial charge in [0.15, 0.2) is 0 Å². The number of carbonyl (C=O) groups excluding carboxylic acids is 1. The molecule has 0 aromatic carbocycles. The van der Waals surface area contributed by atoms with Crippen LogP contribution >= 0.6 is 0 Å². The van der Waals surface area contributed by atoms with Gasteiger partial charge in [-0.15, -0.1) is 0 Å². The van der Waals surface area contributed by atoms with Crippen molar-refractivity contribution in [2.45, 2.75) is 45.4 Å². The molecule has 4 heteroatoms. The Hall–Kier alpha value is -1.32. The second-order valence-corrected chi connectivity index (χ2v) is 3.50. The second kappa shape index (κ2) is 10.2. The van der Waals surface area contributed by atoms with E-state index in [1.807, 2.05) is 0 Å². The molecule has 0 aliphatic rings. The molecule has 0 atom stereocenters. The zero-order valence-corrected chi connectivity index (χ0v) is 9.78. The van der Waals surface area contributed by atoms with Crippen molar-refractivity contribution in [3.05, 3.63) is 12.2 Å². The normalized spacial score (nSPS) is 10.6. The molecule has 0 unspecified atom stereocenters. The van der Waals surface area contributed by atoms with Crippen LogP contribution in [-0.4, -0.2) is 23.7 Å². The van der Waals surface area contributed by atoms with E-state index in [0.29, 0.717) is 6.61 Å². The van der Waals surface area contributed by atoms with Gasteiger partial charge in [-0.25, -0.2) is 4.79 Å². The molecule has 0 heterocycles. The topological polar surface area (TPSA) is 63.6 Å². The fourth-order valence-corrected chi connectivity index (χ4v) is 1.26. The lowest BCUT2D eigenvalue weighted by molar-refractivity contribution is -0.138. The summed E-state index contributed by atoms with van der Waals surface area (Å²) in [6, 6.07) is 0. The Morgan fingerprint density at radius 3 is 2.50 bits per heavy atom. The van der Waals surface area contributed by atoms with Crippen molar-refractivity contribution in [1.82, 2.24) is 0 Å². The van der Waals surface area contributed by atoms with Gasteiger partial charge in [0.25, 0.3) is 0 Å². The lowest BCUT2D eigenvalue weighted by atomic mass is 10.1. The Bertz CT molecular complexity index is 233. The second-order valence-electron chi connectivity index (χ2n) is 3.50. The highest BCUT2D eigenvalue weighted by atomic mass is 16.5. The lowest BCUT2D eigenvalue weighted by Gasteiger charge is -1.97. The van der Waals surface area contributed by atoms with Gasteiger partial charge < -0.3 is 9.84 Å². The van der Waals surface area contributed by atoms with Gasteiger partial charge in [-0.3, -0.25) is 4.79 Å². The van der Waals surface area contributed by atoms with Crippen LogP contribution in [0.2, 0.25) is 0 Å². The van der Waals surface area contributed by atoms with Crippen molar-refractivity contribution < 1.29 is 19.4 Å². The Labute approximate surface area is 96.3 Å². The maximum atomic E-state index is 10.9. The van der Waals surface area contributed by atoms with Gasteiger partial charge in [0.05, 0.1) is 6.61 Å². The molecule has 0 aromatic heterocycles. The Morgan fingerprint density at radius 1 is 1.19 bits per heavy atom. The lowest BCUT2D eigenvalue weighted by Crippen LogP contribution is -1.98. The predicted octanol–water partition coefficient (Wildman–Crippen LogP) is 2.53. The number of rotatable bonds is 9. The van der Waals surface area contributed by atoms with E-state index in [2.05, 4.69) is 0 Å². The Kier molecular flexibility index (Phi) is 9.36. The first kappa shape index (κ1) is 14.7. The minimum absolute atomic E-state index is 0.249. The van der Waals surface area contributed by atoms with E-state index in [9.17, 15) is 9.59 Å². The van der Waals surface area contributed by atoms with Crippen LogP contribution in [0.15, 0.2) is 12.2 Å². The zero-order chi connectivity index (χ0) is 12.2. The third-order valence-electron chi connectivity index (χ3n) is 2.05. The summed E-state index contributed by atoms with van der Waals surface area (Å²) < 4.78 is 4.72. The summed E-state index contributed by atoms with van der Waals surface area (Å²) in [5, 5.41) is 8.40. The quantitative estimate of drug-likeness (QED) is 0.374. The van der Waals surface area contributed by atoms with Crippen LogP contribution in [0.4, 0.5) is 0 Å². The average Bonchev–Trinajstić information content (AvgIpc) is 2.22. The summed E-state index contributed by atoms with van der Waals surface area (Å²) in [5.74, 6) is -1.03. The molecule has 0 amide bonds. The molecule has 0 saturated carbocycles. The van der Waals surface area contributed by atoms with E-state index in [1.165, 1.54) is 6.08 Å². The molecule has 0 fully saturated rings. The molecule has 0 rings (SSSR count). The fourth-order valence-electron chi connectivity index (χ4n) is 1.26. The number of hydrogen-bond donors (Lipinski definition) is 1. The summed E-state index contributed by atoms with van der Waals surface area (Å²) in [6.45, 7) is 2.17. The predicted molar refractivity (Wildman–Crippen MR) is 61.1 cm³/mol. The van der Waals surface area contributed by atoms with E-state index in [1.54, 1.807) is 13.0 Å². The molecule has 0 saturated heterocycles. The highest BCUT2D eigenvalue weighted by Gasteiger charge is 1.96. The molecule has 16 heavy (non-hydrogen) atoms. The molecular weight excluding hydrogens is 208 g/mol. The van der Waals surface area contributed by atoms with E-state index in [-0.39, 0.29) is 12.4 Å². The minimum Gasteiger partial charge on any atom is -0.481 e. The van der Waals surface area contributed by atoms with E-state index in [0.717, 1.165) is 32.1 Å². The van der Waals surface area contributed by atoms with Gasteiger partial charge in [-0.05, 0) is 26.2 Å². The van der Waals surface area contributed by atoms with Crippen molar-refractivity contribution in [3.63, 3.8) is 0 Å². The zero-order valence-electron chi connectivity index (χ0n) is 9.78. The van der Waals surface area contributed by atoms with Crippen molar-refractivity contribution >= 4 is 11.9 Å². The number of ether oxygens (including phenoxy) is 1. The van der Waals surface area contributed by atoms with Crippen LogP contribution in [0, 0.1) is 0 Å². The smallest absolute Gasteiger partial charge is 0.330 e. The van der Waals surface area contributed by atoms with Crippen molar-refractivity contribution in [2.75, 3.05) is 6.61 Å². The highest BCUT2D eigenvalue weighted by Crippen LogP contribution is 2.05. The van der Waals surface area contributed by atoms with Crippen molar-refractivity contribution in [3.8, 4) is 0 Å². The summed E-state index contributed by atoms with van der Waals surface area (Å²) in [4.78, 5) is 21.1. The number of hydrogen-bond acceptors (Lipinski definition) is 3. The van der Waals surface area contributed by atoms with Gasteiger partial charge in [-0.1, -0.05) is 18.9 Å². The first-order valence-corrected chi connectivity index (χ1v) is 5.72. The summed E-state index contributed by atoms with van der Waals surface area (Å²) in [6.07, 6.45) is 7.98. The molecule has 0 bridgehead atoms. The van der Waals surface area contributed by atoms with Gasteiger partial charge in [0.2, 0.25) is 0 Å². The Balaban J connectivity index is 3.26. The van der Waals surface area contributed by atoms with Gasteiger partial charge >= 0.3 is 11.9 Å². The molecular formula is C12H20O4. The molecule has 1 N–H and O–H groups in total. The van der Waals surface area contributed by atoms with Gasteiger partial charge in [-0.2, -0.15) is 0 Å². The maximum Gasteiger partial charge on any atom is 0.330 e. The van der Waals surface area contributed by atoms with E-state index >= 15 is 0 Å². The molecule has 0 aliphatic heterocycles. The number of carbonyl (C=O) groups is 2. The number of carboxylic acid groups (broad SMARTS) is 1. The monoisotopic (exact) mass is 228 g/mol. The fraction of sp³-hybridized carbons (Fsp3) is 0.667. The molecule has 4 nitrogen and oxygen atoms in total. The summed E-state index contributed by atoms with van der Waals surface area (Å²) in [7, 11) is 0. The van der Waals surface area contributed by atoms with E-state index in [4.69, 9.17) is 9.84 Å². The highest BCUT2D eigenvalue weighted by molar-refractivity contribution is 5.81. The van der Waals surface area contributed by atoms with Gasteiger partial charge in [0.1, 0.15) is 0 Å². The average molecular weight is 228 g/mol. The first-order chi connectivity index (χ1) is 7.66. The van der Waals surface area contributed by atoms with Crippen molar-refractivity contribution in [1.29, 1.82) is 0 Å². The van der Waals surface area contributed by atoms with E-state index < -0.39 is 5.97 Å². The molecule has 92 valence electrons. The molecule has 0 spiro atoms. The summed E-state index contributed by atoms with van der Waals surface area (Å²) in [5.41, 5.74) is 0. The van der Waals surface area contributed by atoms with Crippen LogP contribution in [-0.2, 0) is 14.3 Å². The largest absolute Gasteiger partial charge is 0.481 e. The van der Waals surface area contributed by atoms with Crippen LogP contribution < -0.4 is 0 Å². The summed E-state index contributed by atoms with van der Waals surface area (Å²) >= 11 is 0. The first-order valence-electron chi connectivity index (χ1n) is 5.72. The number of unbranched alkanes of at least 4 members (excludes halogenated alkanes) is 4. The Morgan fingerprint density at radius 2 is 1.88 bits per heavy atom. The number of aliphatic carboxylic acids is 1. The minimum atomic E-state index is -0.734. The third-order valence-corrected chi connectivity index (χ3v) is 2.05. The van der Waals surface area contributed by atoms with Crippen LogP contribution in [0.3, 0.4) is 0 Å². The molecule has 0 radical (unpaired) electrons. The van der Waals surface area contributed by atoms with Crippen LogP contribution in [0.25, 0.3) is 0 Å². The third kappa shape index (κ3) is 10.8. The SMILES string of the molecule is CCOC(=O)C=CCCCCCCC(=O)O. The van der Waals surface area contributed by atoms with Crippen molar-refractivity contribution in [2.24, 2.45) is 0 Å². The number of carboxylic acids is 1. The number of allylic oxidation sites excluding steroid dienone is 1. The molecule has 0 aliphatic carbocycles. The molecule has 0 aromatic rings. The van der Waals surface area contributed by atoms with Crippen LogP contribution in [0.5, 0.6) is 0 Å². The maximum absolute atomic E-state index is 10.9. The number of esters is 1.